The molecule has 2 heterocycles. The summed E-state index contributed by atoms with van der Waals surface area (Å²) in [7, 11) is -0.118. The lowest BCUT2D eigenvalue weighted by molar-refractivity contribution is -0.137. The van der Waals surface area contributed by atoms with Gasteiger partial charge in [-0.25, -0.2) is 9.97 Å². The Bertz CT molecular complexity index is 1060. The van der Waals surface area contributed by atoms with E-state index in [0.717, 1.165) is 6.07 Å². The highest BCUT2D eigenvalue weighted by atomic mass is 32.2. The zero-order valence-corrected chi connectivity index (χ0v) is 16.9. The molecule has 0 aromatic carbocycles. The van der Waals surface area contributed by atoms with Gasteiger partial charge in [0.25, 0.3) is 5.91 Å². The van der Waals surface area contributed by atoms with Crippen molar-refractivity contribution in [3.8, 4) is 6.07 Å². The quantitative estimate of drug-likeness (QED) is 0.717. The van der Waals surface area contributed by atoms with Crippen molar-refractivity contribution >= 4 is 28.2 Å². The molecule has 3 rings (SSSR count). The zero-order chi connectivity index (χ0) is 22.1. The number of halogens is 3. The van der Waals surface area contributed by atoms with E-state index in [9.17, 15) is 27.4 Å². The second-order valence-corrected chi connectivity index (χ2v) is 8.43. The van der Waals surface area contributed by atoms with Gasteiger partial charge in [0.2, 0.25) is 0 Å². The Balaban J connectivity index is 1.99. The predicted octanol–water partition coefficient (Wildman–Crippen LogP) is 3.47. The van der Waals surface area contributed by atoms with Gasteiger partial charge in [0, 0.05) is 25.2 Å². The molecule has 1 amide bonds. The van der Waals surface area contributed by atoms with Crippen molar-refractivity contribution in [3.63, 3.8) is 0 Å². The lowest BCUT2D eigenvalue weighted by atomic mass is 9.99. The number of nitrogens with one attached hydrogen (secondary N) is 2. The van der Waals surface area contributed by atoms with Crippen LogP contribution in [-0.4, -0.2) is 32.9 Å². The summed E-state index contributed by atoms with van der Waals surface area (Å²) in [6, 6.07) is 4.50. The molecule has 11 heteroatoms. The molecule has 0 saturated heterocycles. The van der Waals surface area contributed by atoms with E-state index in [1.165, 1.54) is 19.3 Å². The maximum absolute atomic E-state index is 13.0. The van der Waals surface area contributed by atoms with Crippen LogP contribution in [0.1, 0.15) is 41.4 Å². The number of hydrogen-bond donors (Lipinski definition) is 2. The highest BCUT2D eigenvalue weighted by Gasteiger charge is 2.45. The number of carbonyl (C=O) groups is 1. The maximum Gasteiger partial charge on any atom is 0.417 e. The van der Waals surface area contributed by atoms with Crippen LogP contribution in [-0.2, 0) is 22.4 Å². The number of alkyl halides is 3. The van der Waals surface area contributed by atoms with Gasteiger partial charge >= 0.3 is 6.18 Å². The standard InChI is InChI=1S/C19H18F3N5O2S/c1-3-30(29)14-7-11(18(10-23)4-5-18)8-25-15(14)17(28)27-13-6-12(19(20,21)22)9-26-16(13)24-2/h6-9H,3-5H2,1-2H3,(H,24,26)(H,27,28). The first kappa shape index (κ1) is 21.7. The molecular formula is C19H18F3N5O2S. The third-order valence-corrected chi connectivity index (χ3v) is 6.12. The summed E-state index contributed by atoms with van der Waals surface area (Å²) in [5.74, 6) is -0.581. The van der Waals surface area contributed by atoms with Crippen LogP contribution in [0.2, 0.25) is 0 Å². The molecule has 1 aliphatic rings. The van der Waals surface area contributed by atoms with E-state index in [1.54, 1.807) is 6.92 Å². The summed E-state index contributed by atoms with van der Waals surface area (Å²) < 4.78 is 51.6. The monoisotopic (exact) mass is 437 g/mol. The van der Waals surface area contributed by atoms with Crippen LogP contribution in [0.4, 0.5) is 24.7 Å². The molecular weight excluding hydrogens is 419 g/mol. The van der Waals surface area contributed by atoms with Crippen LogP contribution in [0.25, 0.3) is 0 Å². The third kappa shape index (κ3) is 4.14. The van der Waals surface area contributed by atoms with Crippen molar-refractivity contribution in [3.05, 3.63) is 41.3 Å². The normalized spacial score (nSPS) is 15.7. The fourth-order valence-corrected chi connectivity index (χ4v) is 3.82. The molecule has 1 fully saturated rings. The number of nitrogens with zero attached hydrogens (tertiary/aromatic N) is 3. The minimum Gasteiger partial charge on any atom is -0.371 e. The second kappa shape index (κ2) is 8.02. The van der Waals surface area contributed by atoms with Crippen LogP contribution in [0.15, 0.2) is 29.4 Å². The number of carbonyl (C=O) groups excluding carboxylic acids is 1. The Hall–Kier alpha value is -3.00. The number of amides is 1. The fourth-order valence-electron chi connectivity index (χ4n) is 2.89. The first-order valence-electron chi connectivity index (χ1n) is 9.01. The smallest absolute Gasteiger partial charge is 0.371 e. The number of pyridine rings is 2. The average Bonchev–Trinajstić information content (AvgIpc) is 3.53. The van der Waals surface area contributed by atoms with Crippen LogP contribution in [0.5, 0.6) is 0 Å². The van der Waals surface area contributed by atoms with Gasteiger partial charge in [-0.3, -0.25) is 9.00 Å². The molecule has 0 spiro atoms. The summed E-state index contributed by atoms with van der Waals surface area (Å²) >= 11 is 0. The number of rotatable bonds is 6. The molecule has 2 aromatic rings. The zero-order valence-electron chi connectivity index (χ0n) is 16.1. The van der Waals surface area contributed by atoms with E-state index in [2.05, 4.69) is 26.7 Å². The van der Waals surface area contributed by atoms with Gasteiger partial charge in [-0.2, -0.15) is 18.4 Å². The van der Waals surface area contributed by atoms with E-state index in [-0.39, 0.29) is 27.8 Å². The first-order valence-corrected chi connectivity index (χ1v) is 10.3. The van der Waals surface area contributed by atoms with Gasteiger partial charge in [-0.15, -0.1) is 0 Å². The predicted molar refractivity (Wildman–Crippen MR) is 104 cm³/mol. The lowest BCUT2D eigenvalue weighted by Gasteiger charge is -2.15. The Morgan fingerprint density at radius 2 is 2.00 bits per heavy atom. The van der Waals surface area contributed by atoms with Crippen molar-refractivity contribution in [1.82, 2.24) is 9.97 Å². The molecule has 2 aromatic heterocycles. The van der Waals surface area contributed by atoms with E-state index >= 15 is 0 Å². The Kier molecular flexibility index (Phi) is 5.81. The van der Waals surface area contributed by atoms with E-state index in [4.69, 9.17) is 0 Å². The van der Waals surface area contributed by atoms with Gasteiger partial charge in [0.1, 0.15) is 11.5 Å². The summed E-state index contributed by atoms with van der Waals surface area (Å²) in [5, 5.41) is 14.4. The van der Waals surface area contributed by atoms with Crippen molar-refractivity contribution in [2.75, 3.05) is 23.4 Å². The summed E-state index contributed by atoms with van der Waals surface area (Å²) in [5.41, 5.74) is -1.49. The maximum atomic E-state index is 13.0. The SMILES string of the molecule is CCS(=O)c1cc(C2(C#N)CC2)cnc1C(=O)Nc1cc(C(F)(F)F)cnc1NC. The van der Waals surface area contributed by atoms with E-state index in [1.807, 2.05) is 0 Å². The van der Waals surface area contributed by atoms with Crippen molar-refractivity contribution < 1.29 is 22.2 Å². The van der Waals surface area contributed by atoms with Gasteiger partial charge < -0.3 is 10.6 Å². The first-order chi connectivity index (χ1) is 14.1. The lowest BCUT2D eigenvalue weighted by Crippen LogP contribution is -2.20. The fraction of sp³-hybridized carbons (Fsp3) is 0.368. The van der Waals surface area contributed by atoms with E-state index in [0.29, 0.717) is 24.6 Å². The van der Waals surface area contributed by atoms with Crippen LogP contribution < -0.4 is 10.6 Å². The largest absolute Gasteiger partial charge is 0.417 e. The Morgan fingerprint density at radius 1 is 1.30 bits per heavy atom. The van der Waals surface area contributed by atoms with E-state index < -0.39 is 33.9 Å². The number of aromatic nitrogens is 2. The number of hydrogen-bond acceptors (Lipinski definition) is 6. The topological polar surface area (TPSA) is 108 Å². The highest BCUT2D eigenvalue weighted by Crippen LogP contribution is 2.47. The molecule has 2 N–H and O–H groups in total. The molecule has 0 bridgehead atoms. The van der Waals surface area contributed by atoms with Crippen LogP contribution >= 0.6 is 0 Å². The third-order valence-electron chi connectivity index (χ3n) is 4.79. The average molecular weight is 437 g/mol. The molecule has 30 heavy (non-hydrogen) atoms. The van der Waals surface area contributed by atoms with Crippen LogP contribution in [0.3, 0.4) is 0 Å². The molecule has 0 aliphatic heterocycles. The minimum atomic E-state index is -4.64. The Labute approximate surface area is 173 Å². The molecule has 0 radical (unpaired) electrons. The molecule has 1 saturated carbocycles. The molecule has 1 unspecified atom stereocenters. The van der Waals surface area contributed by atoms with Gasteiger partial charge in [-0.1, -0.05) is 6.92 Å². The molecule has 1 aliphatic carbocycles. The van der Waals surface area contributed by atoms with Crippen molar-refractivity contribution in [2.45, 2.75) is 36.3 Å². The number of anilines is 2. The van der Waals surface area contributed by atoms with Crippen molar-refractivity contribution in [2.24, 2.45) is 0 Å². The summed E-state index contributed by atoms with van der Waals surface area (Å²) in [4.78, 5) is 20.8. The summed E-state index contributed by atoms with van der Waals surface area (Å²) in [6.07, 6.45) is -1.30. The van der Waals surface area contributed by atoms with Gasteiger partial charge in [0.15, 0.2) is 0 Å². The molecule has 1 atom stereocenters. The molecule has 158 valence electrons. The minimum absolute atomic E-state index is 0.0348. The van der Waals surface area contributed by atoms with Gasteiger partial charge in [-0.05, 0) is 30.5 Å². The highest BCUT2D eigenvalue weighted by molar-refractivity contribution is 7.85. The summed E-state index contributed by atoms with van der Waals surface area (Å²) in [6.45, 7) is 1.66. The Morgan fingerprint density at radius 3 is 2.53 bits per heavy atom. The number of nitriles is 1. The second-order valence-electron chi connectivity index (χ2n) is 6.72. The van der Waals surface area contributed by atoms with Crippen molar-refractivity contribution in [1.29, 1.82) is 5.26 Å². The molecule has 7 nitrogen and oxygen atoms in total. The van der Waals surface area contributed by atoms with Gasteiger partial charge in [0.05, 0.1) is 38.4 Å². The van der Waals surface area contributed by atoms with Crippen LogP contribution in [0, 0.1) is 11.3 Å².